The smallest absolute Gasteiger partial charge is 0.142 e. The summed E-state index contributed by atoms with van der Waals surface area (Å²) in [6, 6.07) is 12.1. The Labute approximate surface area is 144 Å². The Kier molecular flexibility index (Phi) is 4.97. The Morgan fingerprint density at radius 2 is 1.96 bits per heavy atom. The van der Waals surface area contributed by atoms with Crippen LogP contribution in [-0.4, -0.2) is 22.5 Å². The molecule has 3 rings (SSSR count). The molecule has 0 spiro atoms. The van der Waals surface area contributed by atoms with E-state index in [0.29, 0.717) is 22.1 Å². The summed E-state index contributed by atoms with van der Waals surface area (Å²) in [5.41, 5.74) is 0.591. The minimum Gasteiger partial charge on any atom is -0.508 e. The Bertz CT molecular complexity index is 734. The Balaban J connectivity index is 1.89. The van der Waals surface area contributed by atoms with Gasteiger partial charge in [-0.2, -0.15) is 5.26 Å². The average Bonchev–Trinajstić information content (AvgIpc) is 3.01. The van der Waals surface area contributed by atoms with Crippen molar-refractivity contribution < 1.29 is 9.84 Å². The minimum atomic E-state index is 0.0508. The fourth-order valence-corrected chi connectivity index (χ4v) is 3.70. The van der Waals surface area contributed by atoms with Crippen molar-refractivity contribution in [2.24, 2.45) is 0 Å². The monoisotopic (exact) mass is 346 g/mol. The molecule has 0 unspecified atom stereocenters. The van der Waals surface area contributed by atoms with Gasteiger partial charge in [0.05, 0.1) is 16.5 Å². The summed E-state index contributed by atoms with van der Waals surface area (Å²) in [6.45, 7) is 2.05. The normalized spacial score (nSPS) is 14.6. The van der Waals surface area contributed by atoms with Crippen LogP contribution < -0.4 is 4.74 Å². The highest BCUT2D eigenvalue weighted by Gasteiger charge is 2.16. The van der Waals surface area contributed by atoms with Gasteiger partial charge in [0.15, 0.2) is 0 Å². The molecule has 1 N–H and O–H groups in total. The molecule has 2 aromatic carbocycles. The molecule has 1 aliphatic rings. The van der Waals surface area contributed by atoms with Crippen LogP contribution in [0.5, 0.6) is 17.2 Å². The third-order valence-electron chi connectivity index (χ3n) is 3.45. The van der Waals surface area contributed by atoms with E-state index in [9.17, 15) is 5.11 Å². The molecule has 0 radical (unpaired) electrons. The van der Waals surface area contributed by atoms with E-state index in [2.05, 4.69) is 10.4 Å². The van der Waals surface area contributed by atoms with E-state index in [1.54, 1.807) is 30.1 Å². The molecule has 6 heteroatoms. The van der Waals surface area contributed by atoms with Gasteiger partial charge >= 0.3 is 0 Å². The van der Waals surface area contributed by atoms with E-state index in [4.69, 9.17) is 21.6 Å². The van der Waals surface area contributed by atoms with Gasteiger partial charge in [-0.15, -0.1) is 0 Å². The molecule has 1 heterocycles. The second kappa shape index (κ2) is 7.14. The van der Waals surface area contributed by atoms with Crippen molar-refractivity contribution >= 4 is 23.5 Å². The number of hydrogen-bond donors (Lipinski definition) is 1. The first-order valence-corrected chi connectivity index (χ1v) is 8.44. The van der Waals surface area contributed by atoms with Gasteiger partial charge in [0.1, 0.15) is 17.2 Å². The van der Waals surface area contributed by atoms with Gasteiger partial charge in [-0.05, 0) is 55.1 Å². The highest BCUT2D eigenvalue weighted by atomic mass is 35.5. The number of benzene rings is 2. The standard InChI is InChI=1S/C17H15ClN2O2S/c18-13-8-14(21)10-15(9-13)22-16-4-3-12(11-19)7-17(16)23-20-5-1-2-6-20/h3-4,7-10,21H,1-2,5-6H2. The van der Waals surface area contributed by atoms with E-state index in [1.165, 1.54) is 25.0 Å². The number of ether oxygens (including phenoxy) is 1. The number of hydrogen-bond acceptors (Lipinski definition) is 5. The largest absolute Gasteiger partial charge is 0.508 e. The molecule has 1 saturated heterocycles. The number of rotatable bonds is 4. The molecule has 0 aliphatic carbocycles. The Morgan fingerprint density at radius 1 is 1.17 bits per heavy atom. The van der Waals surface area contributed by atoms with Gasteiger partial charge in [0.25, 0.3) is 0 Å². The van der Waals surface area contributed by atoms with Gasteiger partial charge in [-0.3, -0.25) is 0 Å². The minimum absolute atomic E-state index is 0.0508. The molecule has 0 saturated carbocycles. The maximum atomic E-state index is 9.63. The van der Waals surface area contributed by atoms with E-state index >= 15 is 0 Å². The predicted octanol–water partition coefficient (Wildman–Crippen LogP) is 4.81. The highest BCUT2D eigenvalue weighted by molar-refractivity contribution is 7.97. The zero-order valence-corrected chi connectivity index (χ0v) is 13.9. The van der Waals surface area contributed by atoms with Crippen molar-refractivity contribution in [3.8, 4) is 23.3 Å². The maximum Gasteiger partial charge on any atom is 0.142 e. The van der Waals surface area contributed by atoms with Crippen molar-refractivity contribution in [1.29, 1.82) is 5.26 Å². The first-order valence-electron chi connectivity index (χ1n) is 7.28. The number of halogens is 1. The topological polar surface area (TPSA) is 56.5 Å². The van der Waals surface area contributed by atoms with Gasteiger partial charge < -0.3 is 9.84 Å². The fraction of sp³-hybridized carbons (Fsp3) is 0.235. The molecule has 2 aromatic rings. The number of phenols is 1. The Hall–Kier alpha value is -1.87. The Morgan fingerprint density at radius 3 is 2.65 bits per heavy atom. The first kappa shape index (κ1) is 16.0. The number of aromatic hydroxyl groups is 1. The van der Waals surface area contributed by atoms with Crippen LogP contribution in [0, 0.1) is 11.3 Å². The summed E-state index contributed by atoms with van der Waals surface area (Å²) in [6.07, 6.45) is 2.37. The molecule has 0 aromatic heterocycles. The van der Waals surface area contributed by atoms with Crippen molar-refractivity contribution in [3.05, 3.63) is 47.0 Å². The van der Waals surface area contributed by atoms with Gasteiger partial charge in [-0.1, -0.05) is 11.6 Å². The van der Waals surface area contributed by atoms with Gasteiger partial charge in [-0.25, -0.2) is 4.31 Å². The number of nitrogens with zero attached hydrogens (tertiary/aromatic N) is 2. The predicted molar refractivity (Wildman–Crippen MR) is 91.0 cm³/mol. The average molecular weight is 347 g/mol. The van der Waals surface area contributed by atoms with Crippen LogP contribution in [0.4, 0.5) is 0 Å². The van der Waals surface area contributed by atoms with Crippen molar-refractivity contribution in [1.82, 2.24) is 4.31 Å². The molecule has 0 amide bonds. The van der Waals surface area contributed by atoms with E-state index in [-0.39, 0.29) is 5.75 Å². The summed E-state index contributed by atoms with van der Waals surface area (Å²) in [7, 11) is 0. The van der Waals surface area contributed by atoms with Crippen molar-refractivity contribution in [3.63, 3.8) is 0 Å². The van der Waals surface area contributed by atoms with Gasteiger partial charge in [0, 0.05) is 24.2 Å². The summed E-state index contributed by atoms with van der Waals surface area (Å²) in [5, 5.41) is 19.1. The molecule has 1 aliphatic heterocycles. The number of phenolic OH excluding ortho intramolecular Hbond substituents is 1. The fourth-order valence-electron chi connectivity index (χ4n) is 2.39. The molecular formula is C17H15ClN2O2S. The van der Waals surface area contributed by atoms with Crippen molar-refractivity contribution in [2.45, 2.75) is 17.7 Å². The molecule has 118 valence electrons. The molecular weight excluding hydrogens is 332 g/mol. The third-order valence-corrected chi connectivity index (χ3v) is 4.81. The zero-order valence-electron chi connectivity index (χ0n) is 12.3. The molecule has 1 fully saturated rings. The summed E-state index contributed by atoms with van der Waals surface area (Å²) >= 11 is 7.54. The van der Waals surface area contributed by atoms with Crippen molar-refractivity contribution in [2.75, 3.05) is 13.1 Å². The van der Waals surface area contributed by atoms with Crippen LogP contribution >= 0.6 is 23.5 Å². The summed E-state index contributed by atoms with van der Waals surface area (Å²) in [4.78, 5) is 0.880. The van der Waals surface area contributed by atoms with E-state index < -0.39 is 0 Å². The zero-order chi connectivity index (χ0) is 16.2. The molecule has 0 atom stereocenters. The van der Waals surface area contributed by atoms with Crippen LogP contribution in [-0.2, 0) is 0 Å². The second-order valence-electron chi connectivity index (χ2n) is 5.25. The van der Waals surface area contributed by atoms with Gasteiger partial charge in [0.2, 0.25) is 0 Å². The highest BCUT2D eigenvalue weighted by Crippen LogP contribution is 2.38. The summed E-state index contributed by atoms with van der Waals surface area (Å²) < 4.78 is 8.14. The van der Waals surface area contributed by atoms with Crippen LogP contribution in [0.2, 0.25) is 5.02 Å². The third kappa shape index (κ3) is 4.11. The lowest BCUT2D eigenvalue weighted by atomic mass is 10.2. The molecule has 0 bridgehead atoms. The van der Waals surface area contributed by atoms with Crippen LogP contribution in [0.3, 0.4) is 0 Å². The lowest BCUT2D eigenvalue weighted by Crippen LogP contribution is -2.09. The van der Waals surface area contributed by atoms with Crippen LogP contribution in [0.1, 0.15) is 18.4 Å². The summed E-state index contributed by atoms with van der Waals surface area (Å²) in [5.74, 6) is 1.15. The quantitative estimate of drug-likeness (QED) is 0.805. The lowest BCUT2D eigenvalue weighted by molar-refractivity contribution is 0.449. The van der Waals surface area contributed by atoms with E-state index in [1.807, 2.05) is 6.07 Å². The van der Waals surface area contributed by atoms with Crippen LogP contribution in [0.25, 0.3) is 0 Å². The second-order valence-corrected chi connectivity index (χ2v) is 6.82. The SMILES string of the molecule is N#Cc1ccc(Oc2cc(O)cc(Cl)c2)c(SN2CCCC2)c1. The number of nitriles is 1. The van der Waals surface area contributed by atoms with E-state index in [0.717, 1.165) is 18.0 Å². The lowest BCUT2D eigenvalue weighted by Gasteiger charge is -2.17. The molecule has 23 heavy (non-hydrogen) atoms. The molecule has 4 nitrogen and oxygen atoms in total. The van der Waals surface area contributed by atoms with Crippen LogP contribution in [0.15, 0.2) is 41.3 Å². The first-order chi connectivity index (χ1) is 11.1. The maximum absolute atomic E-state index is 9.63.